The van der Waals surface area contributed by atoms with Crippen molar-refractivity contribution in [3.63, 3.8) is 0 Å². The van der Waals surface area contributed by atoms with Crippen molar-refractivity contribution in [2.45, 2.75) is 13.0 Å². The molecule has 3 heterocycles. The fourth-order valence-electron chi connectivity index (χ4n) is 4.10. The summed E-state index contributed by atoms with van der Waals surface area (Å²) in [5, 5.41) is 5.58. The second kappa shape index (κ2) is 9.71. The van der Waals surface area contributed by atoms with Crippen LogP contribution in [0.4, 0.5) is 10.7 Å². The lowest BCUT2D eigenvalue weighted by Gasteiger charge is -2.30. The molecular formula is C24H23ClN6OS2. The van der Waals surface area contributed by atoms with Gasteiger partial charge in [0, 0.05) is 33.3 Å². The topological polar surface area (TPSA) is 87.3 Å². The predicted molar refractivity (Wildman–Crippen MR) is 144 cm³/mol. The Morgan fingerprint density at radius 1 is 1.21 bits per heavy atom. The van der Waals surface area contributed by atoms with Gasteiger partial charge in [0.05, 0.1) is 25.9 Å². The van der Waals surface area contributed by atoms with Crippen molar-refractivity contribution in [1.82, 2.24) is 10.3 Å². The van der Waals surface area contributed by atoms with Gasteiger partial charge in [-0.15, -0.1) is 11.3 Å². The number of thiocarbonyl (C=S) groups is 1. The highest BCUT2D eigenvalue weighted by Gasteiger charge is 2.30. The number of anilines is 1. The van der Waals surface area contributed by atoms with Crippen LogP contribution < -0.4 is 21.3 Å². The molecule has 0 aliphatic carbocycles. The number of fused-ring (bicyclic) bond motifs is 3. The summed E-state index contributed by atoms with van der Waals surface area (Å²) >= 11 is 13.9. The molecule has 7 nitrogen and oxygen atoms in total. The van der Waals surface area contributed by atoms with Crippen molar-refractivity contribution in [2.75, 3.05) is 25.5 Å². The van der Waals surface area contributed by atoms with Gasteiger partial charge < -0.3 is 20.4 Å². The van der Waals surface area contributed by atoms with E-state index in [-0.39, 0.29) is 0 Å². The van der Waals surface area contributed by atoms with Crippen molar-refractivity contribution in [1.29, 1.82) is 0 Å². The quantitative estimate of drug-likeness (QED) is 0.273. The molecule has 2 aliphatic rings. The Morgan fingerprint density at radius 3 is 2.74 bits per heavy atom. The van der Waals surface area contributed by atoms with Crippen molar-refractivity contribution in [3.8, 4) is 5.75 Å². The Kier molecular flexibility index (Phi) is 6.51. The number of aliphatic imine (C=N–C) groups is 2. The number of hydrogen-bond donors (Lipinski definition) is 3. The van der Waals surface area contributed by atoms with E-state index in [1.165, 1.54) is 10.4 Å². The molecule has 10 heteroatoms. The van der Waals surface area contributed by atoms with E-state index in [9.17, 15) is 0 Å². The van der Waals surface area contributed by atoms with E-state index in [1.54, 1.807) is 18.4 Å². The van der Waals surface area contributed by atoms with Crippen LogP contribution in [-0.4, -0.2) is 41.8 Å². The Bertz CT molecular complexity index is 1300. The average Bonchev–Trinajstić information content (AvgIpc) is 3.11. The van der Waals surface area contributed by atoms with Gasteiger partial charge in [-0.3, -0.25) is 4.99 Å². The van der Waals surface area contributed by atoms with E-state index in [0.29, 0.717) is 29.1 Å². The zero-order valence-electron chi connectivity index (χ0n) is 18.5. The largest absolute Gasteiger partial charge is 0.497 e. The Morgan fingerprint density at radius 2 is 2.00 bits per heavy atom. The first-order chi connectivity index (χ1) is 16.6. The molecule has 0 radical (unpaired) electrons. The molecule has 3 aromatic rings. The van der Waals surface area contributed by atoms with Gasteiger partial charge in [-0.1, -0.05) is 29.8 Å². The monoisotopic (exact) mass is 510 g/mol. The van der Waals surface area contributed by atoms with Crippen molar-refractivity contribution >= 4 is 62.5 Å². The molecule has 34 heavy (non-hydrogen) atoms. The van der Waals surface area contributed by atoms with Gasteiger partial charge in [-0.05, 0) is 54.5 Å². The molecule has 1 aromatic heterocycles. The summed E-state index contributed by atoms with van der Waals surface area (Å²) in [6, 6.07) is 15.5. The number of methoxy groups -OCH3 is 1. The van der Waals surface area contributed by atoms with E-state index in [2.05, 4.69) is 15.6 Å². The molecule has 4 N–H and O–H groups in total. The first-order valence-corrected chi connectivity index (χ1v) is 12.4. The smallest absolute Gasteiger partial charge is 0.173 e. The van der Waals surface area contributed by atoms with E-state index >= 15 is 0 Å². The van der Waals surface area contributed by atoms with Crippen molar-refractivity contribution in [3.05, 3.63) is 75.1 Å². The van der Waals surface area contributed by atoms with Gasteiger partial charge in [0.1, 0.15) is 16.6 Å². The van der Waals surface area contributed by atoms with Crippen LogP contribution in [0.25, 0.3) is 0 Å². The maximum Gasteiger partial charge on any atom is 0.173 e. The Balaban J connectivity index is 1.45. The Labute approximate surface area is 212 Å². The van der Waals surface area contributed by atoms with E-state index < -0.39 is 0 Å². The predicted octanol–water partition coefficient (Wildman–Crippen LogP) is 4.51. The number of amidine groups is 1. The van der Waals surface area contributed by atoms with Crippen molar-refractivity contribution in [2.24, 2.45) is 15.8 Å². The van der Waals surface area contributed by atoms with Crippen LogP contribution in [-0.2, 0) is 13.0 Å². The van der Waals surface area contributed by atoms with Gasteiger partial charge in [0.2, 0.25) is 0 Å². The SMILES string of the molecule is COc1ccc(NC(=S)N2CCc3c(sc4c3C(c3ccccc3Cl)=NCC(NN)=N4)C2)cc1. The van der Waals surface area contributed by atoms with Gasteiger partial charge >= 0.3 is 0 Å². The summed E-state index contributed by atoms with van der Waals surface area (Å²) in [6.45, 7) is 1.86. The molecule has 5 rings (SSSR count). The van der Waals surface area contributed by atoms with Crippen LogP contribution in [0.1, 0.15) is 21.6 Å². The fourth-order valence-corrected chi connectivity index (χ4v) is 5.86. The number of nitrogens with two attached hydrogens (primary N) is 1. The van der Waals surface area contributed by atoms with Crippen LogP contribution in [0.2, 0.25) is 5.02 Å². The number of nitrogens with zero attached hydrogens (tertiary/aromatic N) is 3. The number of nitrogens with one attached hydrogen (secondary N) is 2. The fraction of sp³-hybridized carbons (Fsp3) is 0.208. The molecular weight excluding hydrogens is 488 g/mol. The molecule has 0 unspecified atom stereocenters. The lowest BCUT2D eigenvalue weighted by Crippen LogP contribution is -2.38. The standard InChI is InChI=1S/C24H23ClN6OS2/c1-32-15-8-6-14(7-9-15)28-24(33)31-11-10-17-19(13-31)34-23-21(17)22(27-12-20(29-23)30-26)16-4-2-3-5-18(16)25/h2-9H,10-13,26H2,1H3,(H,28,33)(H,29,30). The highest BCUT2D eigenvalue weighted by molar-refractivity contribution is 7.80. The molecule has 2 aromatic carbocycles. The number of hydrogen-bond acceptors (Lipinski definition) is 7. The zero-order chi connectivity index (χ0) is 23.7. The Hall–Kier alpha value is -2.98. The summed E-state index contributed by atoms with van der Waals surface area (Å²) < 4.78 is 5.23. The second-order valence-corrected chi connectivity index (χ2v) is 9.74. The van der Waals surface area contributed by atoms with Crippen LogP contribution in [0.5, 0.6) is 5.75 Å². The molecule has 2 aliphatic heterocycles. The number of rotatable bonds is 3. The number of ether oxygens (including phenoxy) is 1. The molecule has 0 saturated heterocycles. The molecule has 0 atom stereocenters. The summed E-state index contributed by atoms with van der Waals surface area (Å²) in [7, 11) is 1.65. The molecule has 0 bridgehead atoms. The number of hydrazine groups is 1. The van der Waals surface area contributed by atoms with E-state index in [0.717, 1.165) is 46.2 Å². The van der Waals surface area contributed by atoms with E-state index in [1.807, 2.05) is 48.5 Å². The minimum absolute atomic E-state index is 0.370. The van der Waals surface area contributed by atoms with Crippen LogP contribution in [0, 0.1) is 0 Å². The van der Waals surface area contributed by atoms with Crippen LogP contribution in [0.15, 0.2) is 58.5 Å². The van der Waals surface area contributed by atoms with Crippen molar-refractivity contribution < 1.29 is 4.74 Å². The normalized spacial score (nSPS) is 14.9. The third-order valence-electron chi connectivity index (χ3n) is 5.82. The molecule has 0 amide bonds. The highest BCUT2D eigenvalue weighted by Crippen LogP contribution is 2.42. The number of benzene rings is 2. The zero-order valence-corrected chi connectivity index (χ0v) is 20.9. The molecule has 0 fully saturated rings. The molecule has 0 spiro atoms. The second-order valence-electron chi connectivity index (χ2n) is 7.86. The summed E-state index contributed by atoms with van der Waals surface area (Å²) in [4.78, 5) is 13.0. The maximum absolute atomic E-state index is 6.56. The first kappa shape index (κ1) is 22.8. The minimum Gasteiger partial charge on any atom is -0.497 e. The summed E-state index contributed by atoms with van der Waals surface area (Å²) in [6.07, 6.45) is 0.829. The third-order valence-corrected chi connectivity index (χ3v) is 7.62. The van der Waals surface area contributed by atoms with Gasteiger partial charge in [0.15, 0.2) is 5.11 Å². The summed E-state index contributed by atoms with van der Waals surface area (Å²) in [5.74, 6) is 7.13. The maximum atomic E-state index is 6.56. The minimum atomic E-state index is 0.370. The number of thiophene rings is 1. The average molecular weight is 511 g/mol. The highest BCUT2D eigenvalue weighted by atomic mass is 35.5. The van der Waals surface area contributed by atoms with Gasteiger partial charge in [-0.25, -0.2) is 10.8 Å². The number of halogens is 1. The lowest BCUT2D eigenvalue weighted by molar-refractivity contribution is 0.405. The third kappa shape index (κ3) is 4.39. The first-order valence-electron chi connectivity index (χ1n) is 10.8. The van der Waals surface area contributed by atoms with Gasteiger partial charge in [0.25, 0.3) is 0 Å². The van der Waals surface area contributed by atoms with Crippen LogP contribution >= 0.6 is 35.2 Å². The van der Waals surface area contributed by atoms with Crippen LogP contribution in [0.3, 0.4) is 0 Å². The molecule has 0 saturated carbocycles. The van der Waals surface area contributed by atoms with Gasteiger partial charge in [-0.2, -0.15) is 0 Å². The molecule has 174 valence electrons. The lowest BCUT2D eigenvalue weighted by atomic mass is 9.95. The summed E-state index contributed by atoms with van der Waals surface area (Å²) in [5.41, 5.74) is 7.67. The van der Waals surface area contributed by atoms with E-state index in [4.69, 9.17) is 44.4 Å².